The van der Waals surface area contributed by atoms with E-state index >= 15 is 0 Å². The maximum Gasteiger partial charge on any atom is 0.303 e. The zero-order valence-corrected chi connectivity index (χ0v) is 12.5. The molecule has 0 aliphatic carbocycles. The largest absolute Gasteiger partial charge is 0.481 e. The summed E-state index contributed by atoms with van der Waals surface area (Å²) in [7, 11) is 0. The lowest BCUT2D eigenvalue weighted by Gasteiger charge is -2.35. The van der Waals surface area contributed by atoms with Gasteiger partial charge in [-0.15, -0.1) is 0 Å². The number of carboxylic acid groups (broad SMARTS) is 1. The zero-order valence-electron chi connectivity index (χ0n) is 12.5. The number of likely N-dealkylation sites (tertiary alicyclic amines) is 1. The van der Waals surface area contributed by atoms with Gasteiger partial charge in [0.05, 0.1) is 11.6 Å². The number of carboxylic acids is 1. The molecule has 1 aromatic carbocycles. The molecular formula is C17H22N2O2. The number of piperidine rings is 1. The number of rotatable bonds is 5. The van der Waals surface area contributed by atoms with Gasteiger partial charge in [-0.3, -0.25) is 9.69 Å². The van der Waals surface area contributed by atoms with Crippen molar-refractivity contribution in [1.29, 1.82) is 5.26 Å². The van der Waals surface area contributed by atoms with Gasteiger partial charge in [0.1, 0.15) is 0 Å². The van der Waals surface area contributed by atoms with Crippen LogP contribution in [0.1, 0.15) is 37.3 Å². The molecule has 2 unspecified atom stereocenters. The lowest BCUT2D eigenvalue weighted by molar-refractivity contribution is -0.138. The fraction of sp³-hybridized carbons (Fsp3) is 0.529. The minimum Gasteiger partial charge on any atom is -0.481 e. The first-order valence-corrected chi connectivity index (χ1v) is 7.51. The Kier molecular flexibility index (Phi) is 5.35. The molecule has 1 aliphatic rings. The van der Waals surface area contributed by atoms with Gasteiger partial charge in [0.15, 0.2) is 0 Å². The molecule has 2 atom stereocenters. The van der Waals surface area contributed by atoms with Gasteiger partial charge in [-0.25, -0.2) is 0 Å². The van der Waals surface area contributed by atoms with Gasteiger partial charge >= 0.3 is 5.97 Å². The quantitative estimate of drug-likeness (QED) is 0.904. The van der Waals surface area contributed by atoms with Gasteiger partial charge in [0, 0.05) is 19.5 Å². The SMILES string of the molecule is CC(CC(=O)O)C1CCCN(Cc2cccc(C#N)c2)C1. The third-order valence-corrected chi connectivity index (χ3v) is 4.31. The molecule has 0 aromatic heterocycles. The standard InChI is InChI=1S/C17H22N2O2/c1-13(8-17(20)21)16-6-3-7-19(12-16)11-15-5-2-4-14(9-15)10-18/h2,4-5,9,13,16H,3,6-8,11-12H2,1H3,(H,20,21). The van der Waals surface area contributed by atoms with Crippen LogP contribution in [0.15, 0.2) is 24.3 Å². The molecule has 0 amide bonds. The van der Waals surface area contributed by atoms with Gasteiger partial charge in [0.25, 0.3) is 0 Å². The molecule has 1 N–H and O–H groups in total. The van der Waals surface area contributed by atoms with Gasteiger partial charge < -0.3 is 5.11 Å². The second-order valence-corrected chi connectivity index (χ2v) is 6.02. The van der Waals surface area contributed by atoms with E-state index in [1.54, 1.807) is 0 Å². The molecule has 0 radical (unpaired) electrons. The van der Waals surface area contributed by atoms with Crippen LogP contribution in [0.3, 0.4) is 0 Å². The number of carbonyl (C=O) groups is 1. The molecule has 0 bridgehead atoms. The molecule has 1 fully saturated rings. The highest BCUT2D eigenvalue weighted by Gasteiger charge is 2.25. The second-order valence-electron chi connectivity index (χ2n) is 6.02. The Bertz CT molecular complexity index is 536. The summed E-state index contributed by atoms with van der Waals surface area (Å²) in [6, 6.07) is 9.89. The zero-order chi connectivity index (χ0) is 15.2. The fourth-order valence-electron chi connectivity index (χ4n) is 3.14. The molecular weight excluding hydrogens is 264 g/mol. The summed E-state index contributed by atoms with van der Waals surface area (Å²) in [4.78, 5) is 13.2. The molecule has 0 spiro atoms. The van der Waals surface area contributed by atoms with Crippen molar-refractivity contribution >= 4 is 5.97 Å². The summed E-state index contributed by atoms with van der Waals surface area (Å²) in [5.74, 6) is -0.0360. The molecule has 2 rings (SSSR count). The molecule has 1 heterocycles. The summed E-state index contributed by atoms with van der Waals surface area (Å²) >= 11 is 0. The highest BCUT2D eigenvalue weighted by Crippen LogP contribution is 2.27. The van der Waals surface area contributed by atoms with E-state index in [-0.39, 0.29) is 12.3 Å². The van der Waals surface area contributed by atoms with Crippen molar-refractivity contribution in [1.82, 2.24) is 4.90 Å². The van der Waals surface area contributed by atoms with E-state index in [9.17, 15) is 4.79 Å². The van der Waals surface area contributed by atoms with Crippen LogP contribution in [0.25, 0.3) is 0 Å². The highest BCUT2D eigenvalue weighted by atomic mass is 16.4. The topological polar surface area (TPSA) is 64.3 Å². The summed E-state index contributed by atoms with van der Waals surface area (Å²) in [6.45, 7) is 4.88. The Hall–Kier alpha value is -1.86. The fourth-order valence-corrected chi connectivity index (χ4v) is 3.14. The van der Waals surface area contributed by atoms with Crippen LogP contribution in [0.2, 0.25) is 0 Å². The van der Waals surface area contributed by atoms with Gasteiger partial charge in [-0.1, -0.05) is 19.1 Å². The van der Waals surface area contributed by atoms with Crippen molar-refractivity contribution in [3.63, 3.8) is 0 Å². The Morgan fingerprint density at radius 2 is 2.38 bits per heavy atom. The predicted octanol–water partition coefficient (Wildman–Crippen LogP) is 2.88. The Balaban J connectivity index is 1.94. The summed E-state index contributed by atoms with van der Waals surface area (Å²) in [5, 5.41) is 17.9. The summed E-state index contributed by atoms with van der Waals surface area (Å²) in [6.07, 6.45) is 2.48. The summed E-state index contributed by atoms with van der Waals surface area (Å²) in [5.41, 5.74) is 1.85. The first kappa shape index (κ1) is 15.5. The average Bonchev–Trinajstić information content (AvgIpc) is 2.47. The van der Waals surface area contributed by atoms with E-state index in [1.165, 1.54) is 0 Å². The average molecular weight is 286 g/mol. The molecule has 0 saturated carbocycles. The molecule has 112 valence electrons. The lowest BCUT2D eigenvalue weighted by Crippen LogP contribution is -2.37. The maximum atomic E-state index is 10.9. The number of hydrogen-bond acceptors (Lipinski definition) is 3. The molecule has 21 heavy (non-hydrogen) atoms. The van der Waals surface area contributed by atoms with Crippen LogP contribution in [0.5, 0.6) is 0 Å². The molecule has 1 aliphatic heterocycles. The maximum absolute atomic E-state index is 10.9. The van der Waals surface area contributed by atoms with Crippen LogP contribution < -0.4 is 0 Å². The third kappa shape index (κ3) is 4.57. The van der Waals surface area contributed by atoms with Gasteiger partial charge in [-0.05, 0) is 48.9 Å². The molecule has 1 saturated heterocycles. The number of nitrogens with zero attached hydrogens (tertiary/aromatic N) is 2. The van der Waals surface area contributed by atoms with Gasteiger partial charge in [-0.2, -0.15) is 5.26 Å². The van der Waals surface area contributed by atoms with E-state index < -0.39 is 5.97 Å². The van der Waals surface area contributed by atoms with Gasteiger partial charge in [0.2, 0.25) is 0 Å². The van der Waals surface area contributed by atoms with Crippen LogP contribution in [0.4, 0.5) is 0 Å². The van der Waals surface area contributed by atoms with E-state index in [2.05, 4.69) is 11.0 Å². The first-order chi connectivity index (χ1) is 10.1. The monoisotopic (exact) mass is 286 g/mol. The molecule has 4 heteroatoms. The predicted molar refractivity (Wildman–Crippen MR) is 80.6 cm³/mol. The number of aliphatic carboxylic acids is 1. The van der Waals surface area contributed by atoms with Crippen LogP contribution in [-0.2, 0) is 11.3 Å². The Morgan fingerprint density at radius 3 is 3.10 bits per heavy atom. The highest BCUT2D eigenvalue weighted by molar-refractivity contribution is 5.67. The number of hydrogen-bond donors (Lipinski definition) is 1. The number of nitriles is 1. The Morgan fingerprint density at radius 1 is 1.57 bits per heavy atom. The van der Waals surface area contributed by atoms with E-state index in [4.69, 9.17) is 10.4 Å². The van der Waals surface area contributed by atoms with Crippen molar-refractivity contribution < 1.29 is 9.90 Å². The second kappa shape index (κ2) is 7.24. The van der Waals surface area contributed by atoms with Crippen molar-refractivity contribution in [3.8, 4) is 6.07 Å². The smallest absolute Gasteiger partial charge is 0.303 e. The van der Waals surface area contributed by atoms with Crippen molar-refractivity contribution in [2.75, 3.05) is 13.1 Å². The molecule has 1 aromatic rings. The van der Waals surface area contributed by atoms with Crippen molar-refractivity contribution in [2.45, 2.75) is 32.7 Å². The normalized spacial score (nSPS) is 20.7. The molecule has 4 nitrogen and oxygen atoms in total. The van der Waals surface area contributed by atoms with E-state index in [0.29, 0.717) is 11.5 Å². The lowest BCUT2D eigenvalue weighted by atomic mass is 9.84. The van der Waals surface area contributed by atoms with E-state index in [0.717, 1.165) is 38.0 Å². The van der Waals surface area contributed by atoms with Crippen LogP contribution in [0, 0.1) is 23.2 Å². The van der Waals surface area contributed by atoms with Crippen LogP contribution in [-0.4, -0.2) is 29.1 Å². The third-order valence-electron chi connectivity index (χ3n) is 4.31. The van der Waals surface area contributed by atoms with Crippen molar-refractivity contribution in [3.05, 3.63) is 35.4 Å². The minimum absolute atomic E-state index is 0.218. The van der Waals surface area contributed by atoms with E-state index in [1.807, 2.05) is 31.2 Å². The van der Waals surface area contributed by atoms with Crippen LogP contribution >= 0.6 is 0 Å². The minimum atomic E-state index is -0.707. The number of benzene rings is 1. The van der Waals surface area contributed by atoms with Crippen molar-refractivity contribution in [2.24, 2.45) is 11.8 Å². The summed E-state index contributed by atoms with van der Waals surface area (Å²) < 4.78 is 0. The first-order valence-electron chi connectivity index (χ1n) is 7.51. The Labute approximate surface area is 126 Å².